The number of hydrogen-bond donors (Lipinski definition) is 1. The first-order valence-corrected chi connectivity index (χ1v) is 7.18. The van der Waals surface area contributed by atoms with Gasteiger partial charge in [0.25, 0.3) is 0 Å². The van der Waals surface area contributed by atoms with Gasteiger partial charge >= 0.3 is 6.01 Å². The first kappa shape index (κ1) is 16.9. The molecule has 0 radical (unpaired) electrons. The van der Waals surface area contributed by atoms with E-state index in [4.69, 9.17) is 4.74 Å². The Labute approximate surface area is 142 Å². The van der Waals surface area contributed by atoms with Gasteiger partial charge in [-0.2, -0.15) is 0 Å². The van der Waals surface area contributed by atoms with Crippen LogP contribution in [0.15, 0.2) is 73.1 Å². The normalized spacial score (nSPS) is 9.91. The molecule has 0 bridgehead atoms. The Morgan fingerprint density at radius 3 is 2.26 bits per heavy atom. The zero-order valence-corrected chi connectivity index (χ0v) is 13.4. The van der Waals surface area contributed by atoms with Gasteiger partial charge in [-0.25, -0.2) is 9.97 Å². The molecule has 0 atom stereocenters. The summed E-state index contributed by atoms with van der Waals surface area (Å²) in [6.45, 7) is 1.62. The number of nitrogens with zero attached hydrogens (tertiary/aromatic N) is 2. The Bertz CT molecular complexity index is 708. The van der Waals surface area contributed by atoms with Crippen molar-refractivity contribution in [2.24, 2.45) is 0 Å². The first-order chi connectivity index (χ1) is 10.9. The van der Waals surface area contributed by atoms with Crippen LogP contribution in [0.25, 0.3) is 0 Å². The van der Waals surface area contributed by atoms with E-state index >= 15 is 0 Å². The molecule has 0 saturated heterocycles. The van der Waals surface area contributed by atoms with Gasteiger partial charge < -0.3 is 10.1 Å². The lowest BCUT2D eigenvalue weighted by atomic mass is 10.2. The van der Waals surface area contributed by atoms with Crippen molar-refractivity contribution in [3.05, 3.63) is 84.2 Å². The molecule has 1 N–H and O–H groups in total. The number of ether oxygens (including phenoxy) is 1. The van der Waals surface area contributed by atoms with Crippen LogP contribution < -0.4 is 10.1 Å². The molecule has 118 valence electrons. The summed E-state index contributed by atoms with van der Waals surface area (Å²) in [7, 11) is 0. The zero-order chi connectivity index (χ0) is 15.0. The summed E-state index contributed by atoms with van der Waals surface area (Å²) in [5.74, 6) is 0.741. The van der Waals surface area contributed by atoms with Crippen LogP contribution in [0.5, 0.6) is 11.8 Å². The van der Waals surface area contributed by atoms with E-state index in [-0.39, 0.29) is 12.4 Å². The Hall–Kier alpha value is -2.43. The summed E-state index contributed by atoms with van der Waals surface area (Å²) in [5.41, 5.74) is 2.43. The van der Waals surface area contributed by atoms with Gasteiger partial charge in [-0.05, 0) is 29.3 Å². The van der Waals surface area contributed by atoms with Crippen LogP contribution in [-0.4, -0.2) is 9.97 Å². The van der Waals surface area contributed by atoms with E-state index in [1.165, 1.54) is 5.56 Å². The summed E-state index contributed by atoms with van der Waals surface area (Å²) < 4.78 is 5.63. The maximum atomic E-state index is 5.63. The molecule has 0 fully saturated rings. The van der Waals surface area contributed by atoms with Crippen molar-refractivity contribution in [3.8, 4) is 11.8 Å². The van der Waals surface area contributed by atoms with Crippen LogP contribution >= 0.6 is 12.4 Å². The monoisotopic (exact) mass is 327 g/mol. The number of benzene rings is 2. The molecular formula is C18H18ClN3O. The van der Waals surface area contributed by atoms with E-state index in [2.05, 4.69) is 33.5 Å². The van der Waals surface area contributed by atoms with Crippen molar-refractivity contribution in [3.63, 3.8) is 0 Å². The molecule has 1 aromatic heterocycles. The van der Waals surface area contributed by atoms with E-state index in [1.54, 1.807) is 18.5 Å². The van der Waals surface area contributed by atoms with Crippen LogP contribution in [-0.2, 0) is 13.1 Å². The summed E-state index contributed by atoms with van der Waals surface area (Å²) in [4.78, 5) is 8.11. The molecule has 4 nitrogen and oxygen atoms in total. The fourth-order valence-electron chi connectivity index (χ4n) is 2.11. The third-order valence-electron chi connectivity index (χ3n) is 3.15. The van der Waals surface area contributed by atoms with Crippen molar-refractivity contribution >= 4 is 12.4 Å². The van der Waals surface area contributed by atoms with Crippen molar-refractivity contribution in [2.75, 3.05) is 0 Å². The summed E-state index contributed by atoms with van der Waals surface area (Å²) in [6, 6.07) is 20.4. The molecule has 0 amide bonds. The minimum Gasteiger partial charge on any atom is -0.424 e. The van der Waals surface area contributed by atoms with Crippen molar-refractivity contribution in [1.82, 2.24) is 15.3 Å². The molecule has 5 heteroatoms. The second-order valence-electron chi connectivity index (χ2n) is 4.87. The van der Waals surface area contributed by atoms with Gasteiger partial charge in [0.15, 0.2) is 0 Å². The van der Waals surface area contributed by atoms with E-state index in [0.29, 0.717) is 6.01 Å². The zero-order valence-electron chi connectivity index (χ0n) is 12.6. The van der Waals surface area contributed by atoms with Gasteiger partial charge in [0, 0.05) is 25.5 Å². The maximum Gasteiger partial charge on any atom is 0.321 e. The smallest absolute Gasteiger partial charge is 0.321 e. The molecular weight excluding hydrogens is 310 g/mol. The summed E-state index contributed by atoms with van der Waals surface area (Å²) in [5, 5.41) is 3.42. The van der Waals surface area contributed by atoms with Crippen LogP contribution in [0.1, 0.15) is 11.1 Å². The lowest BCUT2D eigenvalue weighted by Crippen LogP contribution is -2.12. The molecule has 0 unspecified atom stereocenters. The standard InChI is InChI=1S/C18H17N3O.ClH/c1-2-6-15(7-3-1)13-19-14-16-8-4-9-17(12-16)22-18-20-10-5-11-21-18;/h1-12,19H,13-14H2;1H. The van der Waals surface area contributed by atoms with Crippen LogP contribution in [0.4, 0.5) is 0 Å². The first-order valence-electron chi connectivity index (χ1n) is 7.18. The lowest BCUT2D eigenvalue weighted by molar-refractivity contribution is 0.441. The van der Waals surface area contributed by atoms with Crippen LogP contribution in [0.2, 0.25) is 0 Å². The van der Waals surface area contributed by atoms with Gasteiger partial charge in [0.2, 0.25) is 0 Å². The number of hydrogen-bond acceptors (Lipinski definition) is 4. The third kappa shape index (κ3) is 5.36. The SMILES string of the molecule is Cl.c1ccc(CNCc2cccc(Oc3ncccn3)c2)cc1. The van der Waals surface area contributed by atoms with Crippen LogP contribution in [0.3, 0.4) is 0 Å². The summed E-state index contributed by atoms with van der Waals surface area (Å²) in [6.07, 6.45) is 3.32. The molecule has 23 heavy (non-hydrogen) atoms. The molecule has 3 aromatic rings. The fraction of sp³-hybridized carbons (Fsp3) is 0.111. The topological polar surface area (TPSA) is 47.0 Å². The molecule has 0 aliphatic carbocycles. The molecule has 0 spiro atoms. The highest BCUT2D eigenvalue weighted by molar-refractivity contribution is 5.85. The van der Waals surface area contributed by atoms with E-state index in [0.717, 1.165) is 24.4 Å². The Kier molecular flexibility index (Phi) is 6.54. The second kappa shape index (κ2) is 8.88. The van der Waals surface area contributed by atoms with E-state index in [9.17, 15) is 0 Å². The van der Waals surface area contributed by atoms with Crippen LogP contribution in [0, 0.1) is 0 Å². The summed E-state index contributed by atoms with van der Waals surface area (Å²) >= 11 is 0. The third-order valence-corrected chi connectivity index (χ3v) is 3.15. The molecule has 2 aromatic carbocycles. The van der Waals surface area contributed by atoms with E-state index < -0.39 is 0 Å². The van der Waals surface area contributed by atoms with Crippen molar-refractivity contribution in [1.29, 1.82) is 0 Å². The molecule has 3 rings (SSSR count). The molecule has 1 heterocycles. The van der Waals surface area contributed by atoms with E-state index in [1.807, 2.05) is 36.4 Å². The minimum atomic E-state index is 0. The second-order valence-corrected chi connectivity index (χ2v) is 4.87. The van der Waals surface area contributed by atoms with Gasteiger partial charge in [-0.1, -0.05) is 42.5 Å². The molecule has 0 saturated carbocycles. The molecule has 0 aliphatic rings. The molecule has 0 aliphatic heterocycles. The number of aromatic nitrogens is 2. The number of nitrogens with one attached hydrogen (secondary N) is 1. The van der Waals surface area contributed by atoms with Crippen molar-refractivity contribution < 1.29 is 4.74 Å². The Morgan fingerprint density at radius 1 is 0.783 bits per heavy atom. The van der Waals surface area contributed by atoms with Crippen molar-refractivity contribution in [2.45, 2.75) is 13.1 Å². The number of halogens is 1. The average Bonchev–Trinajstić information content (AvgIpc) is 2.57. The largest absolute Gasteiger partial charge is 0.424 e. The minimum absolute atomic E-state index is 0. The quantitative estimate of drug-likeness (QED) is 0.744. The lowest BCUT2D eigenvalue weighted by Gasteiger charge is -2.07. The predicted octanol–water partition coefficient (Wildman–Crippen LogP) is 3.98. The Balaban J connectivity index is 0.00000192. The van der Waals surface area contributed by atoms with Gasteiger partial charge in [0.05, 0.1) is 0 Å². The highest BCUT2D eigenvalue weighted by Crippen LogP contribution is 2.18. The average molecular weight is 328 g/mol. The van der Waals surface area contributed by atoms with Gasteiger partial charge in [-0.3, -0.25) is 0 Å². The predicted molar refractivity (Wildman–Crippen MR) is 92.8 cm³/mol. The fourth-order valence-corrected chi connectivity index (χ4v) is 2.11. The Morgan fingerprint density at radius 2 is 1.48 bits per heavy atom. The van der Waals surface area contributed by atoms with Gasteiger partial charge in [-0.15, -0.1) is 12.4 Å². The maximum absolute atomic E-state index is 5.63. The van der Waals surface area contributed by atoms with Gasteiger partial charge in [0.1, 0.15) is 5.75 Å². The highest BCUT2D eigenvalue weighted by atomic mass is 35.5. The highest BCUT2D eigenvalue weighted by Gasteiger charge is 2.01. The number of rotatable bonds is 6.